The summed E-state index contributed by atoms with van der Waals surface area (Å²) in [5, 5.41) is 10.0. The van der Waals surface area contributed by atoms with Gasteiger partial charge < -0.3 is 5.43 Å². The lowest BCUT2D eigenvalue weighted by Gasteiger charge is -2.23. The van der Waals surface area contributed by atoms with Gasteiger partial charge in [0.1, 0.15) is 0 Å². The number of rotatable bonds is 9. The van der Waals surface area contributed by atoms with E-state index in [-0.39, 0.29) is 17.2 Å². The van der Waals surface area contributed by atoms with Crippen LogP contribution >= 0.6 is 0 Å². The van der Waals surface area contributed by atoms with Crippen molar-refractivity contribution < 1.29 is 22.6 Å². The number of benzene rings is 4. The normalized spacial score (nSPS) is 17.3. The van der Waals surface area contributed by atoms with Gasteiger partial charge in [-0.1, -0.05) is 66.7 Å². The molecule has 0 saturated heterocycles. The second kappa shape index (κ2) is 13.7. The first-order valence-electron chi connectivity index (χ1n) is 15.7. The third-order valence-corrected chi connectivity index (χ3v) is 8.89. The van der Waals surface area contributed by atoms with Gasteiger partial charge in [-0.15, -0.1) is 0 Å². The molecule has 4 aromatic rings. The molecule has 4 aromatic carbocycles. The van der Waals surface area contributed by atoms with E-state index in [1.54, 1.807) is 19.1 Å². The van der Waals surface area contributed by atoms with E-state index in [9.17, 15) is 22.6 Å². The van der Waals surface area contributed by atoms with Crippen molar-refractivity contribution >= 4 is 61.7 Å². The molecular formula is C38H29N7O5S. The van der Waals surface area contributed by atoms with Crippen molar-refractivity contribution in [3.8, 4) is 11.1 Å². The predicted molar refractivity (Wildman–Crippen MR) is 199 cm³/mol. The molecule has 0 fully saturated rings. The summed E-state index contributed by atoms with van der Waals surface area (Å²) >= 11 is 0. The number of hydrogen-bond donors (Lipinski definition) is 4. The highest BCUT2D eigenvalue weighted by Crippen LogP contribution is 2.31. The number of hydrazine groups is 1. The number of carbonyl (C=O) groups excluding carboxylic acids is 2. The molecule has 0 radical (unpaired) electrons. The van der Waals surface area contributed by atoms with Crippen molar-refractivity contribution in [2.75, 3.05) is 15.9 Å². The van der Waals surface area contributed by atoms with Crippen LogP contribution in [0.2, 0.25) is 0 Å². The highest BCUT2D eigenvalue weighted by molar-refractivity contribution is 7.90. The number of hydrazone groups is 2. The van der Waals surface area contributed by atoms with E-state index in [1.165, 1.54) is 11.1 Å². The Morgan fingerprint density at radius 1 is 0.745 bits per heavy atom. The van der Waals surface area contributed by atoms with Crippen LogP contribution in [0.5, 0.6) is 0 Å². The number of ketones is 1. The monoisotopic (exact) mass is 695 g/mol. The lowest BCUT2D eigenvalue weighted by atomic mass is 9.89. The number of para-hydroxylation sites is 2. The zero-order valence-electron chi connectivity index (χ0n) is 27.0. The van der Waals surface area contributed by atoms with E-state index in [0.29, 0.717) is 45.4 Å². The van der Waals surface area contributed by atoms with Crippen LogP contribution in [0.3, 0.4) is 0 Å². The number of fused-ring (bicyclic) bond motifs is 1. The summed E-state index contributed by atoms with van der Waals surface area (Å²) in [6.07, 6.45) is 5.39. The Morgan fingerprint density at radius 2 is 1.37 bits per heavy atom. The maximum absolute atomic E-state index is 13.2. The third kappa shape index (κ3) is 7.06. The van der Waals surface area contributed by atoms with Crippen molar-refractivity contribution in [2.45, 2.75) is 6.92 Å². The summed E-state index contributed by atoms with van der Waals surface area (Å²) in [6, 6.07) is 33.5. The molecule has 13 heteroatoms. The average Bonchev–Trinajstić information content (AvgIpc) is 3.43. The SMILES string of the molecule is CC1=NN(c2ccccc2)C(=O)/C1=N/Nc1ccc(-c2ccc(NNC3=C4C(=O)C=C(S(=O)(=O)O)C=C4C=CC3=Nc3ccccc3)cc2)cc1. The largest absolute Gasteiger partial charge is 0.301 e. The van der Waals surface area contributed by atoms with Crippen molar-refractivity contribution in [2.24, 2.45) is 15.2 Å². The van der Waals surface area contributed by atoms with E-state index in [1.807, 2.05) is 109 Å². The molecule has 51 heavy (non-hydrogen) atoms. The minimum atomic E-state index is -4.58. The zero-order chi connectivity index (χ0) is 35.5. The summed E-state index contributed by atoms with van der Waals surface area (Å²) in [5.41, 5.74) is 15.8. The fourth-order valence-electron chi connectivity index (χ4n) is 5.51. The van der Waals surface area contributed by atoms with Gasteiger partial charge in [0, 0.05) is 6.08 Å². The summed E-state index contributed by atoms with van der Waals surface area (Å²) < 4.78 is 33.1. The van der Waals surface area contributed by atoms with Crippen LogP contribution in [-0.2, 0) is 19.7 Å². The number of hydrogen-bond acceptors (Lipinski definition) is 10. The molecular weight excluding hydrogens is 667 g/mol. The predicted octanol–water partition coefficient (Wildman–Crippen LogP) is 6.34. The van der Waals surface area contributed by atoms with E-state index < -0.39 is 20.8 Å². The van der Waals surface area contributed by atoms with Gasteiger partial charge in [0.25, 0.3) is 10.1 Å². The van der Waals surface area contributed by atoms with Gasteiger partial charge in [-0.3, -0.25) is 25.0 Å². The van der Waals surface area contributed by atoms with Gasteiger partial charge in [0.15, 0.2) is 11.5 Å². The topological polar surface area (TPSA) is 165 Å². The van der Waals surface area contributed by atoms with Crippen LogP contribution in [0.25, 0.3) is 11.1 Å². The lowest BCUT2D eigenvalue weighted by molar-refractivity contribution is -0.112. The molecule has 252 valence electrons. The van der Waals surface area contributed by atoms with Crippen molar-refractivity contribution in [1.82, 2.24) is 5.43 Å². The van der Waals surface area contributed by atoms with Gasteiger partial charge in [-0.25, -0.2) is 4.99 Å². The highest BCUT2D eigenvalue weighted by Gasteiger charge is 2.31. The van der Waals surface area contributed by atoms with E-state index in [0.717, 1.165) is 17.2 Å². The first-order chi connectivity index (χ1) is 24.6. The molecule has 1 amide bonds. The molecule has 0 spiro atoms. The van der Waals surface area contributed by atoms with Crippen LogP contribution < -0.4 is 21.3 Å². The minimum Gasteiger partial charge on any atom is -0.301 e. The Balaban J connectivity index is 1.05. The lowest BCUT2D eigenvalue weighted by Crippen LogP contribution is -2.31. The molecule has 7 rings (SSSR count). The van der Waals surface area contributed by atoms with E-state index in [4.69, 9.17) is 0 Å². The zero-order valence-corrected chi connectivity index (χ0v) is 27.8. The maximum Gasteiger partial charge on any atom is 0.301 e. The number of anilines is 3. The molecule has 12 nitrogen and oxygen atoms in total. The Kier molecular flexibility index (Phi) is 8.80. The van der Waals surface area contributed by atoms with Gasteiger partial charge in [0.05, 0.1) is 50.3 Å². The van der Waals surface area contributed by atoms with Gasteiger partial charge in [-0.2, -0.15) is 23.6 Å². The molecule has 0 aromatic heterocycles. The summed E-state index contributed by atoms with van der Waals surface area (Å²) in [6.45, 7) is 1.74. The highest BCUT2D eigenvalue weighted by atomic mass is 32.2. The number of aliphatic imine (C=N–C) groups is 1. The van der Waals surface area contributed by atoms with Crippen LogP contribution in [-0.4, -0.2) is 41.8 Å². The fourth-order valence-corrected chi connectivity index (χ4v) is 6.04. The molecule has 4 N–H and O–H groups in total. The van der Waals surface area contributed by atoms with E-state index in [2.05, 4.69) is 31.5 Å². The van der Waals surface area contributed by atoms with Crippen LogP contribution in [0.1, 0.15) is 6.92 Å². The van der Waals surface area contributed by atoms with Gasteiger partial charge in [0.2, 0.25) is 0 Å². The van der Waals surface area contributed by atoms with Crippen molar-refractivity contribution in [1.29, 1.82) is 0 Å². The maximum atomic E-state index is 13.2. The molecule has 0 bridgehead atoms. The number of carbonyl (C=O) groups is 2. The molecule has 0 saturated carbocycles. The average molecular weight is 696 g/mol. The number of nitrogens with zero attached hydrogens (tertiary/aromatic N) is 4. The molecule has 0 atom stereocenters. The van der Waals surface area contributed by atoms with E-state index >= 15 is 0 Å². The number of amides is 1. The Hall–Kier alpha value is -6.70. The summed E-state index contributed by atoms with van der Waals surface area (Å²) in [4.78, 5) is 30.3. The quantitative estimate of drug-likeness (QED) is 0.116. The van der Waals surface area contributed by atoms with Crippen molar-refractivity contribution in [3.05, 3.63) is 155 Å². The second-order valence-electron chi connectivity index (χ2n) is 11.5. The van der Waals surface area contributed by atoms with Crippen LogP contribution in [0, 0.1) is 0 Å². The smallest absolute Gasteiger partial charge is 0.301 e. The Labute approximate surface area is 293 Å². The molecule has 0 unspecified atom stereocenters. The standard InChI is InChI=1S/C38H29N7O5S/c1-24-36(38(47)45(44-24)31-10-6-3-7-11-31)42-40-29-17-12-25(13-18-29)26-14-19-30(20-15-26)41-43-37-33(39-28-8-4-2-5-9-28)21-16-27-22-32(51(48,49)50)23-34(46)35(27)37/h2-23,40-41,43H,1H3,(H,48,49,50)/b39-33?,42-36+. The number of nitrogens with one attached hydrogen (secondary N) is 3. The second-order valence-corrected chi connectivity index (χ2v) is 12.9. The first-order valence-corrected chi connectivity index (χ1v) is 17.1. The van der Waals surface area contributed by atoms with Crippen LogP contribution in [0.15, 0.2) is 170 Å². The van der Waals surface area contributed by atoms with Gasteiger partial charge >= 0.3 is 5.91 Å². The van der Waals surface area contributed by atoms with Crippen LogP contribution in [0.4, 0.5) is 22.7 Å². The minimum absolute atomic E-state index is 0.204. The molecule has 2 aliphatic carbocycles. The summed E-state index contributed by atoms with van der Waals surface area (Å²) in [5.74, 6) is -0.908. The van der Waals surface area contributed by atoms with Gasteiger partial charge in [-0.05, 0) is 84.3 Å². The third-order valence-electron chi connectivity index (χ3n) is 8.06. The van der Waals surface area contributed by atoms with Crippen molar-refractivity contribution in [3.63, 3.8) is 0 Å². The fraction of sp³-hybridized carbons (Fsp3) is 0.0263. The number of allylic oxidation sites excluding steroid dienone is 6. The Bertz CT molecular complexity index is 2380. The Morgan fingerprint density at radius 3 is 2.02 bits per heavy atom. The molecule has 1 heterocycles. The molecule has 3 aliphatic rings. The summed E-state index contributed by atoms with van der Waals surface area (Å²) in [7, 11) is -4.58. The molecule has 1 aliphatic heterocycles. The first kappa shape index (κ1) is 32.8.